The summed E-state index contributed by atoms with van der Waals surface area (Å²) in [6.07, 6.45) is 2.92. The van der Waals surface area contributed by atoms with Gasteiger partial charge in [-0.2, -0.15) is 0 Å². The Morgan fingerprint density at radius 2 is 2.10 bits per heavy atom. The molecule has 20 heavy (non-hydrogen) atoms. The van der Waals surface area contributed by atoms with Crippen molar-refractivity contribution in [1.29, 1.82) is 0 Å². The first-order valence-electron chi connectivity index (χ1n) is 7.09. The summed E-state index contributed by atoms with van der Waals surface area (Å²) in [5, 5.41) is 22.9. The molecular weight excluding hydrogens is 254 g/mol. The zero-order chi connectivity index (χ0) is 14.8. The van der Waals surface area contributed by atoms with Crippen LogP contribution in [-0.4, -0.2) is 28.3 Å². The second-order valence-electron chi connectivity index (χ2n) is 6.38. The molecule has 1 saturated carbocycles. The van der Waals surface area contributed by atoms with E-state index >= 15 is 0 Å². The van der Waals surface area contributed by atoms with Crippen LogP contribution < -0.4 is 5.32 Å². The van der Waals surface area contributed by atoms with Crippen molar-refractivity contribution in [2.75, 3.05) is 6.54 Å². The predicted molar refractivity (Wildman–Crippen MR) is 77.7 cm³/mol. The fourth-order valence-electron chi connectivity index (χ4n) is 2.95. The van der Waals surface area contributed by atoms with Gasteiger partial charge in [0, 0.05) is 13.1 Å². The number of aliphatic hydroxyl groups is 1. The number of aromatic carboxylic acids is 1. The molecule has 1 aromatic carbocycles. The van der Waals surface area contributed by atoms with Gasteiger partial charge in [0.15, 0.2) is 0 Å². The second kappa shape index (κ2) is 5.54. The average molecular weight is 277 g/mol. The summed E-state index contributed by atoms with van der Waals surface area (Å²) < 4.78 is 0. The standard InChI is InChI=1S/C16H23NO3/c1-15(2)7-4-8-16(15,20)11-17-10-12-5-3-6-13(9-12)14(18)19/h3,5-6,9,17,20H,4,7-8,10-11H2,1-2H3,(H,18,19). The molecule has 3 N–H and O–H groups in total. The zero-order valence-electron chi connectivity index (χ0n) is 12.1. The third-order valence-corrected chi connectivity index (χ3v) is 4.57. The molecule has 4 nitrogen and oxygen atoms in total. The third kappa shape index (κ3) is 3.02. The van der Waals surface area contributed by atoms with Crippen LogP contribution in [0.15, 0.2) is 24.3 Å². The van der Waals surface area contributed by atoms with Gasteiger partial charge in [-0.3, -0.25) is 0 Å². The molecule has 0 aliphatic heterocycles. The van der Waals surface area contributed by atoms with Crippen molar-refractivity contribution >= 4 is 5.97 Å². The van der Waals surface area contributed by atoms with Crippen molar-refractivity contribution in [3.63, 3.8) is 0 Å². The van der Waals surface area contributed by atoms with Crippen LogP contribution in [0.25, 0.3) is 0 Å². The Hall–Kier alpha value is -1.39. The van der Waals surface area contributed by atoms with Crippen molar-refractivity contribution in [2.24, 2.45) is 5.41 Å². The van der Waals surface area contributed by atoms with Crippen LogP contribution in [0.5, 0.6) is 0 Å². The minimum atomic E-state index is -0.914. The van der Waals surface area contributed by atoms with Crippen molar-refractivity contribution < 1.29 is 15.0 Å². The lowest BCUT2D eigenvalue weighted by Gasteiger charge is -2.37. The highest BCUT2D eigenvalue weighted by Crippen LogP contribution is 2.45. The van der Waals surface area contributed by atoms with Crippen molar-refractivity contribution in [3.8, 4) is 0 Å². The van der Waals surface area contributed by atoms with E-state index in [-0.39, 0.29) is 5.41 Å². The summed E-state index contributed by atoms with van der Waals surface area (Å²) >= 11 is 0. The van der Waals surface area contributed by atoms with Crippen LogP contribution in [-0.2, 0) is 6.54 Å². The minimum absolute atomic E-state index is 0.0666. The van der Waals surface area contributed by atoms with Crippen LogP contribution in [0, 0.1) is 5.41 Å². The molecule has 0 amide bonds. The molecule has 1 aromatic rings. The van der Waals surface area contributed by atoms with Gasteiger partial charge in [0.2, 0.25) is 0 Å². The van der Waals surface area contributed by atoms with Crippen molar-refractivity contribution in [1.82, 2.24) is 5.32 Å². The predicted octanol–water partition coefficient (Wildman–Crippen LogP) is 2.42. The molecule has 1 unspecified atom stereocenters. The van der Waals surface area contributed by atoms with Gasteiger partial charge < -0.3 is 15.5 Å². The Kier molecular flexibility index (Phi) is 4.16. The lowest BCUT2D eigenvalue weighted by Crippen LogP contribution is -2.48. The third-order valence-electron chi connectivity index (χ3n) is 4.57. The van der Waals surface area contributed by atoms with Gasteiger partial charge in [0.1, 0.15) is 0 Å². The number of rotatable bonds is 5. The van der Waals surface area contributed by atoms with Crippen LogP contribution in [0.4, 0.5) is 0 Å². The Bertz CT molecular complexity index is 498. The van der Waals surface area contributed by atoms with E-state index in [4.69, 9.17) is 5.11 Å². The highest BCUT2D eigenvalue weighted by molar-refractivity contribution is 5.87. The lowest BCUT2D eigenvalue weighted by atomic mass is 9.78. The highest BCUT2D eigenvalue weighted by Gasteiger charge is 2.46. The number of hydrogen-bond acceptors (Lipinski definition) is 3. The highest BCUT2D eigenvalue weighted by atomic mass is 16.4. The lowest BCUT2D eigenvalue weighted by molar-refractivity contribution is -0.0409. The average Bonchev–Trinajstić information content (AvgIpc) is 2.64. The maximum atomic E-state index is 10.9. The van der Waals surface area contributed by atoms with Crippen LogP contribution in [0.1, 0.15) is 49.0 Å². The van der Waals surface area contributed by atoms with E-state index < -0.39 is 11.6 Å². The first-order chi connectivity index (χ1) is 9.34. The fourth-order valence-corrected chi connectivity index (χ4v) is 2.95. The molecule has 0 spiro atoms. The Balaban J connectivity index is 1.93. The number of benzene rings is 1. The van der Waals surface area contributed by atoms with Gasteiger partial charge in [0.05, 0.1) is 11.2 Å². The second-order valence-corrected chi connectivity index (χ2v) is 6.38. The zero-order valence-corrected chi connectivity index (χ0v) is 12.1. The molecule has 0 heterocycles. The molecule has 0 saturated heterocycles. The topological polar surface area (TPSA) is 69.6 Å². The van der Waals surface area contributed by atoms with Gasteiger partial charge in [-0.25, -0.2) is 4.79 Å². The van der Waals surface area contributed by atoms with E-state index in [1.807, 2.05) is 6.07 Å². The van der Waals surface area contributed by atoms with E-state index in [1.165, 1.54) is 0 Å². The molecule has 110 valence electrons. The minimum Gasteiger partial charge on any atom is -0.478 e. The van der Waals surface area contributed by atoms with Crippen LogP contribution in [0.2, 0.25) is 0 Å². The molecule has 1 aliphatic rings. The number of carboxylic acids is 1. The van der Waals surface area contributed by atoms with E-state index in [1.54, 1.807) is 18.2 Å². The normalized spacial score (nSPS) is 24.8. The summed E-state index contributed by atoms with van der Waals surface area (Å²) in [7, 11) is 0. The molecule has 0 aromatic heterocycles. The number of hydrogen-bond donors (Lipinski definition) is 3. The molecule has 4 heteroatoms. The quantitative estimate of drug-likeness (QED) is 0.773. The van der Waals surface area contributed by atoms with E-state index in [0.717, 1.165) is 24.8 Å². The number of carboxylic acid groups (broad SMARTS) is 1. The van der Waals surface area contributed by atoms with E-state index in [9.17, 15) is 9.90 Å². The van der Waals surface area contributed by atoms with Crippen LogP contribution >= 0.6 is 0 Å². The van der Waals surface area contributed by atoms with Crippen LogP contribution in [0.3, 0.4) is 0 Å². The summed E-state index contributed by atoms with van der Waals surface area (Å²) in [6.45, 7) is 5.32. The van der Waals surface area contributed by atoms with Crippen molar-refractivity contribution in [2.45, 2.75) is 45.3 Å². The largest absolute Gasteiger partial charge is 0.478 e. The van der Waals surface area contributed by atoms with Gasteiger partial charge in [0.25, 0.3) is 0 Å². The Morgan fingerprint density at radius 3 is 2.70 bits per heavy atom. The van der Waals surface area contributed by atoms with E-state index in [2.05, 4.69) is 19.2 Å². The summed E-state index contributed by atoms with van der Waals surface area (Å²) in [6, 6.07) is 6.89. The Morgan fingerprint density at radius 1 is 1.35 bits per heavy atom. The van der Waals surface area contributed by atoms with Gasteiger partial charge >= 0.3 is 5.97 Å². The number of carbonyl (C=O) groups is 1. The fraction of sp³-hybridized carbons (Fsp3) is 0.562. The van der Waals surface area contributed by atoms with Gasteiger partial charge in [-0.15, -0.1) is 0 Å². The molecule has 1 atom stereocenters. The van der Waals surface area contributed by atoms with E-state index in [0.29, 0.717) is 18.7 Å². The van der Waals surface area contributed by atoms with Gasteiger partial charge in [-0.1, -0.05) is 26.0 Å². The molecule has 1 fully saturated rings. The first kappa shape index (κ1) is 15.0. The molecule has 0 radical (unpaired) electrons. The first-order valence-corrected chi connectivity index (χ1v) is 7.09. The smallest absolute Gasteiger partial charge is 0.335 e. The van der Waals surface area contributed by atoms with Gasteiger partial charge in [-0.05, 0) is 42.4 Å². The monoisotopic (exact) mass is 277 g/mol. The SMILES string of the molecule is CC1(C)CCCC1(O)CNCc1cccc(C(=O)O)c1. The summed E-state index contributed by atoms with van der Waals surface area (Å²) in [5.41, 5.74) is 0.480. The molecule has 1 aliphatic carbocycles. The molecule has 2 rings (SSSR count). The summed E-state index contributed by atoms with van der Waals surface area (Å²) in [4.78, 5) is 10.9. The molecule has 0 bridgehead atoms. The number of nitrogens with one attached hydrogen (secondary N) is 1. The Labute approximate surface area is 119 Å². The maximum Gasteiger partial charge on any atom is 0.335 e. The summed E-state index contributed by atoms with van der Waals surface area (Å²) in [5.74, 6) is -0.914. The maximum absolute atomic E-state index is 10.9. The van der Waals surface area contributed by atoms with Crippen molar-refractivity contribution in [3.05, 3.63) is 35.4 Å². The molecular formula is C16H23NO3.